The molecule has 0 saturated carbocycles. The molecule has 3 rings (SSSR count). The van der Waals surface area contributed by atoms with E-state index in [0.717, 1.165) is 10.5 Å². The number of aromatic nitrogens is 4. The first kappa shape index (κ1) is 15.9. The molecule has 1 aliphatic heterocycles. The third-order valence-electron chi connectivity index (χ3n) is 3.43. The Labute approximate surface area is 138 Å². The van der Waals surface area contributed by atoms with Gasteiger partial charge >= 0.3 is 6.18 Å². The Hall–Kier alpha value is -1.97. The zero-order valence-corrected chi connectivity index (χ0v) is 13.4. The van der Waals surface area contributed by atoms with Gasteiger partial charge in [0.2, 0.25) is 5.95 Å². The molecule has 0 N–H and O–H groups in total. The summed E-state index contributed by atoms with van der Waals surface area (Å²) in [6, 6.07) is 2.30. The van der Waals surface area contributed by atoms with E-state index in [-0.39, 0.29) is 0 Å². The van der Waals surface area contributed by atoms with Crippen LogP contribution in [0.5, 0.6) is 0 Å². The molecule has 0 spiro atoms. The molecule has 1 aliphatic rings. The fraction of sp³-hybridized carbons (Fsp3) is 0.385. The summed E-state index contributed by atoms with van der Waals surface area (Å²) in [7, 11) is 0. The van der Waals surface area contributed by atoms with Crippen LogP contribution in [0.4, 0.5) is 24.9 Å². The molecule has 3 heterocycles. The Morgan fingerprint density at radius 2 is 1.52 bits per heavy atom. The fourth-order valence-corrected chi connectivity index (χ4v) is 2.45. The van der Waals surface area contributed by atoms with E-state index in [1.807, 2.05) is 9.80 Å². The molecular weight excluding hydrogens is 377 g/mol. The van der Waals surface area contributed by atoms with E-state index in [9.17, 15) is 13.2 Å². The summed E-state index contributed by atoms with van der Waals surface area (Å²) in [6.45, 7) is 2.54. The van der Waals surface area contributed by atoms with Crippen molar-refractivity contribution in [2.24, 2.45) is 0 Å². The minimum Gasteiger partial charge on any atom is -0.352 e. The number of piperazine rings is 1. The minimum absolute atomic E-state index is 0.439. The van der Waals surface area contributed by atoms with Gasteiger partial charge in [-0.25, -0.2) is 9.97 Å². The molecule has 10 heteroatoms. The van der Waals surface area contributed by atoms with Crippen molar-refractivity contribution in [3.63, 3.8) is 0 Å². The van der Waals surface area contributed by atoms with Gasteiger partial charge in [-0.3, -0.25) is 0 Å². The van der Waals surface area contributed by atoms with Crippen LogP contribution in [-0.2, 0) is 6.18 Å². The van der Waals surface area contributed by atoms with Crippen LogP contribution in [0.15, 0.2) is 29.0 Å². The van der Waals surface area contributed by atoms with Crippen molar-refractivity contribution in [1.29, 1.82) is 0 Å². The summed E-state index contributed by atoms with van der Waals surface area (Å²) < 4.78 is 38.3. The lowest BCUT2D eigenvalue weighted by Gasteiger charge is -2.35. The first-order valence-corrected chi connectivity index (χ1v) is 7.61. The third-order valence-corrected chi connectivity index (χ3v) is 3.84. The van der Waals surface area contributed by atoms with Gasteiger partial charge in [0.25, 0.3) is 0 Å². The van der Waals surface area contributed by atoms with E-state index in [2.05, 4.69) is 36.1 Å². The van der Waals surface area contributed by atoms with Gasteiger partial charge in [-0.15, -0.1) is 10.2 Å². The molecule has 1 saturated heterocycles. The number of anilines is 2. The molecule has 0 radical (unpaired) electrons. The van der Waals surface area contributed by atoms with Crippen LogP contribution in [0.2, 0.25) is 0 Å². The Bertz CT molecular complexity index is 653. The lowest BCUT2D eigenvalue weighted by Crippen LogP contribution is -2.47. The summed E-state index contributed by atoms with van der Waals surface area (Å²) in [6.07, 6.45) is -1.12. The van der Waals surface area contributed by atoms with E-state index < -0.39 is 11.9 Å². The summed E-state index contributed by atoms with van der Waals surface area (Å²) in [5, 5.41) is 6.93. The molecule has 1 fully saturated rings. The molecule has 2 aromatic rings. The van der Waals surface area contributed by atoms with Crippen LogP contribution in [0, 0.1) is 0 Å². The molecule has 0 atom stereocenters. The fourth-order valence-electron chi connectivity index (χ4n) is 2.25. The molecule has 6 nitrogen and oxygen atoms in total. The van der Waals surface area contributed by atoms with Crippen molar-refractivity contribution in [3.8, 4) is 0 Å². The molecule has 0 amide bonds. The lowest BCUT2D eigenvalue weighted by atomic mass is 10.3. The Morgan fingerprint density at radius 1 is 0.913 bits per heavy atom. The van der Waals surface area contributed by atoms with E-state index in [0.29, 0.717) is 37.9 Å². The maximum atomic E-state index is 12.5. The normalized spacial score (nSPS) is 15.8. The second-order valence-electron chi connectivity index (χ2n) is 4.95. The first-order chi connectivity index (χ1) is 10.9. The number of rotatable bonds is 2. The summed E-state index contributed by atoms with van der Waals surface area (Å²) >= 11 is 3.28. The predicted molar refractivity (Wildman–Crippen MR) is 81.2 cm³/mol. The molecule has 0 bridgehead atoms. The number of hydrogen-bond donors (Lipinski definition) is 0. The maximum absolute atomic E-state index is 12.5. The van der Waals surface area contributed by atoms with E-state index in [1.165, 1.54) is 6.07 Å². The average molecular weight is 389 g/mol. The number of nitrogens with zero attached hydrogens (tertiary/aromatic N) is 6. The molecule has 122 valence electrons. The maximum Gasteiger partial charge on any atom is 0.435 e. The SMILES string of the molecule is FC(F)(F)c1ccc(N2CCN(c3ncc(Br)cn3)CC2)nn1. The second-order valence-corrected chi connectivity index (χ2v) is 5.87. The molecule has 0 aromatic carbocycles. The van der Waals surface area contributed by atoms with Crippen molar-refractivity contribution in [2.75, 3.05) is 36.0 Å². The van der Waals surface area contributed by atoms with Gasteiger partial charge in [0, 0.05) is 38.6 Å². The van der Waals surface area contributed by atoms with Crippen molar-refractivity contribution >= 4 is 27.7 Å². The predicted octanol–water partition coefficient (Wildman–Crippen LogP) is 2.37. The smallest absolute Gasteiger partial charge is 0.352 e. The highest BCUT2D eigenvalue weighted by molar-refractivity contribution is 9.10. The highest BCUT2D eigenvalue weighted by Crippen LogP contribution is 2.27. The third kappa shape index (κ3) is 3.69. The Morgan fingerprint density at radius 3 is 2.04 bits per heavy atom. The highest BCUT2D eigenvalue weighted by atomic mass is 79.9. The molecule has 23 heavy (non-hydrogen) atoms. The van der Waals surface area contributed by atoms with Crippen molar-refractivity contribution < 1.29 is 13.2 Å². The molecular formula is C13H12BrF3N6. The largest absolute Gasteiger partial charge is 0.435 e. The van der Waals surface area contributed by atoms with Gasteiger partial charge in [0.1, 0.15) is 0 Å². The number of alkyl halides is 3. The Balaban J connectivity index is 1.63. The topological polar surface area (TPSA) is 58.0 Å². The van der Waals surface area contributed by atoms with Gasteiger partial charge < -0.3 is 9.80 Å². The Kier molecular flexibility index (Phi) is 4.33. The quantitative estimate of drug-likeness (QED) is 0.786. The zero-order valence-electron chi connectivity index (χ0n) is 11.8. The van der Waals surface area contributed by atoms with Gasteiger partial charge in [-0.05, 0) is 28.1 Å². The zero-order chi connectivity index (χ0) is 16.4. The lowest BCUT2D eigenvalue weighted by molar-refractivity contribution is -0.141. The van der Waals surface area contributed by atoms with Gasteiger partial charge in [-0.1, -0.05) is 0 Å². The first-order valence-electron chi connectivity index (χ1n) is 6.82. The summed E-state index contributed by atoms with van der Waals surface area (Å²) in [5.41, 5.74) is -0.983. The van der Waals surface area contributed by atoms with Gasteiger partial charge in [0.15, 0.2) is 11.5 Å². The monoisotopic (exact) mass is 388 g/mol. The second kappa shape index (κ2) is 6.26. The minimum atomic E-state index is -4.47. The van der Waals surface area contributed by atoms with Crippen LogP contribution < -0.4 is 9.80 Å². The average Bonchev–Trinajstić information content (AvgIpc) is 2.55. The summed E-state index contributed by atoms with van der Waals surface area (Å²) in [4.78, 5) is 12.4. The van der Waals surface area contributed by atoms with Crippen LogP contribution >= 0.6 is 15.9 Å². The van der Waals surface area contributed by atoms with E-state index in [1.54, 1.807) is 12.4 Å². The van der Waals surface area contributed by atoms with E-state index >= 15 is 0 Å². The van der Waals surface area contributed by atoms with Crippen LogP contribution in [0.3, 0.4) is 0 Å². The van der Waals surface area contributed by atoms with Gasteiger partial charge in [-0.2, -0.15) is 13.2 Å². The van der Waals surface area contributed by atoms with Crippen molar-refractivity contribution in [3.05, 3.63) is 34.7 Å². The van der Waals surface area contributed by atoms with Crippen molar-refractivity contribution in [2.45, 2.75) is 6.18 Å². The molecule has 2 aromatic heterocycles. The number of halogens is 4. The van der Waals surface area contributed by atoms with Crippen LogP contribution in [0.1, 0.15) is 5.69 Å². The standard InChI is InChI=1S/C13H12BrF3N6/c14-9-7-18-12(19-8-9)23-5-3-22(4-6-23)11-2-1-10(20-21-11)13(15,16)17/h1-2,7-8H,3-6H2. The van der Waals surface area contributed by atoms with Crippen LogP contribution in [-0.4, -0.2) is 46.3 Å². The molecule has 0 aliphatic carbocycles. The highest BCUT2D eigenvalue weighted by Gasteiger charge is 2.33. The molecule has 0 unspecified atom stereocenters. The van der Waals surface area contributed by atoms with E-state index in [4.69, 9.17) is 0 Å². The number of hydrogen-bond acceptors (Lipinski definition) is 6. The summed E-state index contributed by atoms with van der Waals surface area (Å²) in [5.74, 6) is 1.07. The van der Waals surface area contributed by atoms with Crippen molar-refractivity contribution in [1.82, 2.24) is 20.2 Å². The van der Waals surface area contributed by atoms with Crippen LogP contribution in [0.25, 0.3) is 0 Å². The van der Waals surface area contributed by atoms with Gasteiger partial charge in [0.05, 0.1) is 4.47 Å².